The van der Waals surface area contributed by atoms with Gasteiger partial charge in [0.1, 0.15) is 24.0 Å². The van der Waals surface area contributed by atoms with Crippen LogP contribution in [0.5, 0.6) is 0 Å². The molecule has 12 heteroatoms. The van der Waals surface area contributed by atoms with Gasteiger partial charge in [-0.15, -0.1) is 0 Å². The average Bonchev–Trinajstić information content (AvgIpc) is 3.61. The average molecular weight is 577 g/mol. The van der Waals surface area contributed by atoms with Crippen molar-refractivity contribution in [3.05, 3.63) is 17.5 Å². The molecule has 2 aromatic rings. The first-order chi connectivity index (χ1) is 18.2. The number of hydrogen-bond acceptors (Lipinski definition) is 9. The number of fused-ring (bicyclic) bond motifs is 1. The van der Waals surface area contributed by atoms with Gasteiger partial charge in [0.2, 0.25) is 5.28 Å². The number of nitrogens with one attached hydrogen (secondary N) is 1. The van der Waals surface area contributed by atoms with Crippen LogP contribution < -0.4 is 5.32 Å². The quantitative estimate of drug-likeness (QED) is 0.163. The Morgan fingerprint density at radius 3 is 2.34 bits per heavy atom. The van der Waals surface area contributed by atoms with Gasteiger partial charge >= 0.3 is 0 Å². The Balaban J connectivity index is 0.000000651. The maximum absolute atomic E-state index is 8.08. The summed E-state index contributed by atoms with van der Waals surface area (Å²) >= 11 is 6.26. The molecule has 0 amide bonds. The van der Waals surface area contributed by atoms with Crippen LogP contribution in [0.3, 0.4) is 0 Å². The second-order valence-electron chi connectivity index (χ2n) is 9.38. The summed E-state index contributed by atoms with van der Waals surface area (Å²) in [6.07, 6.45) is 9.13. The second-order valence-corrected chi connectivity index (χ2v) is 11.2. The van der Waals surface area contributed by atoms with Crippen molar-refractivity contribution < 1.29 is 28.7 Å². The molecule has 10 nitrogen and oxygen atoms in total. The maximum Gasteiger partial charge on any atom is 0.226 e. The van der Waals surface area contributed by atoms with E-state index in [0.717, 1.165) is 29.7 Å². The van der Waals surface area contributed by atoms with Gasteiger partial charge in [-0.05, 0) is 71.0 Å². The molecule has 4 rings (SSSR count). The summed E-state index contributed by atoms with van der Waals surface area (Å²) in [5.74, 6) is -0.682. The fourth-order valence-corrected chi connectivity index (χ4v) is 5.50. The Hall–Kier alpha value is -1.10. The second kappa shape index (κ2) is 16.9. The van der Waals surface area contributed by atoms with Crippen LogP contribution >= 0.6 is 20.0 Å². The van der Waals surface area contributed by atoms with E-state index >= 15 is 0 Å². The van der Waals surface area contributed by atoms with Crippen LogP contribution in [-0.2, 0) is 18.5 Å². The van der Waals surface area contributed by atoms with Crippen LogP contribution in [0.2, 0.25) is 5.28 Å². The lowest BCUT2D eigenvalue weighted by atomic mass is 10.2. The molecule has 218 valence electrons. The van der Waals surface area contributed by atoms with E-state index in [9.17, 15) is 0 Å². The third-order valence-electron chi connectivity index (χ3n) is 5.68. The molecule has 1 saturated heterocycles. The maximum atomic E-state index is 8.08. The molecule has 3 N–H and O–H groups in total. The van der Waals surface area contributed by atoms with E-state index in [1.54, 1.807) is 0 Å². The lowest BCUT2D eigenvalue weighted by Crippen LogP contribution is -2.18. The molecule has 2 fully saturated rings. The van der Waals surface area contributed by atoms with Crippen LogP contribution in [0.15, 0.2) is 12.3 Å². The van der Waals surface area contributed by atoms with Crippen LogP contribution in [0.1, 0.15) is 86.3 Å². The first kappa shape index (κ1) is 33.1. The van der Waals surface area contributed by atoms with Crippen molar-refractivity contribution in [2.24, 2.45) is 0 Å². The minimum atomic E-state index is -1.50. The Labute approximate surface area is 233 Å². The smallest absolute Gasteiger partial charge is 0.226 e. The van der Waals surface area contributed by atoms with Gasteiger partial charge in [0.05, 0.1) is 31.3 Å². The van der Waals surface area contributed by atoms with Gasteiger partial charge < -0.3 is 38.6 Å². The van der Waals surface area contributed by atoms with Gasteiger partial charge in [-0.25, -0.2) is 4.98 Å². The molecule has 0 bridgehead atoms. The van der Waals surface area contributed by atoms with Crippen molar-refractivity contribution in [3.63, 3.8) is 0 Å². The highest BCUT2D eigenvalue weighted by Crippen LogP contribution is 2.39. The zero-order chi connectivity index (χ0) is 28.1. The molecule has 2 unspecified atom stereocenters. The minimum absolute atomic E-state index is 0.0379. The summed E-state index contributed by atoms with van der Waals surface area (Å²) in [6, 6.07) is 2.51. The summed E-state index contributed by atoms with van der Waals surface area (Å²) in [6.45, 7) is 12.3. The number of nitrogens with zero attached hydrogens (tertiary/aromatic N) is 3. The third-order valence-corrected chi connectivity index (χ3v) is 7.34. The number of ether oxygens (including phenoxy) is 2. The van der Waals surface area contributed by atoms with Gasteiger partial charge in [-0.1, -0.05) is 26.7 Å². The molecular weight excluding hydrogens is 531 g/mol. The predicted molar refractivity (Wildman–Crippen MR) is 152 cm³/mol. The van der Waals surface area contributed by atoms with Crippen LogP contribution in [0.25, 0.3) is 11.0 Å². The van der Waals surface area contributed by atoms with Crippen LogP contribution in [0, 0.1) is 0 Å². The molecule has 0 spiro atoms. The highest BCUT2D eigenvalue weighted by atomic mass is 35.5. The molecule has 2 aliphatic rings. The fraction of sp³-hybridized carbons (Fsp3) is 0.769. The van der Waals surface area contributed by atoms with Crippen LogP contribution in [-0.4, -0.2) is 68.8 Å². The molecule has 0 aromatic carbocycles. The molecular formula is C26H46ClN4O6P. The van der Waals surface area contributed by atoms with Crippen molar-refractivity contribution in [1.29, 1.82) is 0 Å². The predicted octanol–water partition coefficient (Wildman–Crippen LogP) is 6.21. The number of rotatable bonds is 11. The molecule has 38 heavy (non-hydrogen) atoms. The first-order valence-corrected chi connectivity index (χ1v) is 15.4. The van der Waals surface area contributed by atoms with E-state index in [1.807, 2.05) is 40.0 Å². The van der Waals surface area contributed by atoms with E-state index in [0.29, 0.717) is 32.2 Å². The number of anilines is 1. The molecule has 3 heterocycles. The van der Waals surface area contributed by atoms with E-state index in [4.69, 9.17) is 40.3 Å². The highest BCUT2D eigenvalue weighted by molar-refractivity contribution is 7.47. The first-order valence-electron chi connectivity index (χ1n) is 13.7. The van der Waals surface area contributed by atoms with E-state index in [2.05, 4.69) is 19.9 Å². The third kappa shape index (κ3) is 11.2. The SMILES string of the molecule is CC.CC(C)(O)O.CCOP(COCC1CCC(n2ccc3c(NC4CCCC4)nc(Cl)nc32)O1)OCC. The van der Waals surface area contributed by atoms with Crippen molar-refractivity contribution in [2.45, 2.75) is 104 Å². The van der Waals surface area contributed by atoms with Crippen molar-refractivity contribution in [2.75, 3.05) is 31.5 Å². The zero-order valence-electron chi connectivity index (χ0n) is 23.7. The Morgan fingerprint density at radius 2 is 1.74 bits per heavy atom. The normalized spacial score (nSPS) is 19.8. The largest absolute Gasteiger partial charge is 0.369 e. The molecule has 1 aliphatic heterocycles. The van der Waals surface area contributed by atoms with E-state index in [-0.39, 0.29) is 17.6 Å². The number of hydrogen-bond donors (Lipinski definition) is 3. The van der Waals surface area contributed by atoms with Gasteiger partial charge in [-0.2, -0.15) is 4.98 Å². The summed E-state index contributed by atoms with van der Waals surface area (Å²) in [7, 11) is -0.987. The topological polar surface area (TPSA) is 120 Å². The fourth-order valence-electron chi connectivity index (χ4n) is 4.29. The van der Waals surface area contributed by atoms with Gasteiger partial charge in [-0.3, -0.25) is 0 Å². The molecule has 1 saturated carbocycles. The summed E-state index contributed by atoms with van der Waals surface area (Å²) in [5.41, 5.74) is 0.809. The van der Waals surface area contributed by atoms with Gasteiger partial charge in [0.25, 0.3) is 0 Å². The molecule has 0 radical (unpaired) electrons. The number of halogens is 1. The Morgan fingerprint density at radius 1 is 1.11 bits per heavy atom. The lowest BCUT2D eigenvalue weighted by Gasteiger charge is -2.19. The summed E-state index contributed by atoms with van der Waals surface area (Å²) < 4.78 is 25.3. The number of aliphatic hydroxyl groups is 2. The van der Waals surface area contributed by atoms with Gasteiger partial charge in [0.15, 0.2) is 14.2 Å². The van der Waals surface area contributed by atoms with Gasteiger partial charge in [0, 0.05) is 12.2 Å². The Kier molecular flexibility index (Phi) is 14.7. The standard InChI is InChI=1S/C21H32ClN4O4P.C3H8O2.C2H6/c1-3-28-31(29-4-2)14-27-13-16-9-10-18(30-16)26-12-11-17-19(23-15-7-5-6-8-15)24-21(22)25-20(17)26;1-3(2,4)5;1-2/h11-12,15-16,18H,3-10,13-14H2,1-2H3,(H,23,24,25);4-5H,1-2H3;1-2H3. The summed E-state index contributed by atoms with van der Waals surface area (Å²) in [4.78, 5) is 8.96. The summed E-state index contributed by atoms with van der Waals surface area (Å²) in [5, 5.41) is 21.0. The molecule has 2 atom stereocenters. The van der Waals surface area contributed by atoms with Crippen molar-refractivity contribution in [3.8, 4) is 0 Å². The van der Waals surface area contributed by atoms with E-state index in [1.165, 1.54) is 39.5 Å². The lowest BCUT2D eigenvalue weighted by molar-refractivity contribution is -0.127. The van der Waals surface area contributed by atoms with Crippen molar-refractivity contribution >= 4 is 36.8 Å². The Bertz CT molecular complexity index is 926. The highest BCUT2D eigenvalue weighted by Gasteiger charge is 2.29. The minimum Gasteiger partial charge on any atom is -0.369 e. The zero-order valence-corrected chi connectivity index (χ0v) is 25.3. The molecule has 1 aliphatic carbocycles. The molecule has 2 aromatic heterocycles. The number of aromatic nitrogens is 3. The van der Waals surface area contributed by atoms with Crippen molar-refractivity contribution in [1.82, 2.24) is 14.5 Å². The van der Waals surface area contributed by atoms with Crippen LogP contribution in [0.4, 0.5) is 5.82 Å². The van der Waals surface area contributed by atoms with E-state index < -0.39 is 14.2 Å². The monoisotopic (exact) mass is 576 g/mol.